The van der Waals surface area contributed by atoms with Crippen LogP contribution in [0.2, 0.25) is 0 Å². The number of fused-ring (bicyclic) bond motifs is 1. The van der Waals surface area contributed by atoms with Crippen molar-refractivity contribution in [2.45, 2.75) is 69.2 Å². The number of piperidine rings is 1. The number of piperazine rings is 1. The minimum absolute atomic E-state index is 0.0585. The molecule has 0 aliphatic carbocycles. The Kier molecular flexibility index (Phi) is 13.4. The first-order chi connectivity index (χ1) is 26.5. The predicted molar refractivity (Wildman–Crippen MR) is 201 cm³/mol. The molecule has 2 amide bonds. The van der Waals surface area contributed by atoms with Crippen LogP contribution in [0.15, 0.2) is 53.7 Å². The maximum absolute atomic E-state index is 15.4. The van der Waals surface area contributed by atoms with Crippen molar-refractivity contribution >= 4 is 40.7 Å². The highest BCUT2D eigenvalue weighted by Gasteiger charge is 2.37. The summed E-state index contributed by atoms with van der Waals surface area (Å²) in [4.78, 5) is 51.4. The number of likely N-dealkylation sites (N-methyl/N-ethyl adjacent to an activating group) is 1. The number of aldehydes is 1. The number of carbonyl (C=O) groups is 3. The second-order valence-electron chi connectivity index (χ2n) is 14.2. The van der Waals surface area contributed by atoms with Gasteiger partial charge < -0.3 is 30.0 Å². The Balaban J connectivity index is 0.964. The van der Waals surface area contributed by atoms with E-state index in [1.54, 1.807) is 6.07 Å². The molecule has 4 heterocycles. The zero-order valence-electron chi connectivity index (χ0n) is 31.0. The lowest BCUT2D eigenvalue weighted by molar-refractivity contribution is -0.125. The standard InChI is InChI=1S/C38H47F3N8O5S/c1-25(17-26-5-3-6-30(18-26)55(53)48-10-8-28(9-11-48)45-38-43-21-29(22-44-38)54-37(40)41)23-46-12-14-47(15-13-46)34-19-27-24-49(36(52)31(27)20-32(34)39)33(7-4-16-50)35(51)42-2/h3,5-6,16,18-22,25,28,33,37H,4,7-15,17,23-24H2,1-2H3,(H,42,51)(H,43,44,45). The van der Waals surface area contributed by atoms with Gasteiger partial charge in [0, 0.05) is 77.4 Å². The number of rotatable bonds is 16. The molecule has 296 valence electrons. The monoisotopic (exact) mass is 784 g/mol. The van der Waals surface area contributed by atoms with Crippen molar-refractivity contribution < 1.29 is 36.5 Å². The molecule has 0 radical (unpaired) electrons. The Hall–Kier alpha value is -4.61. The van der Waals surface area contributed by atoms with Gasteiger partial charge in [0.05, 0.1) is 23.0 Å². The van der Waals surface area contributed by atoms with Crippen LogP contribution in [0.1, 0.15) is 54.1 Å². The maximum Gasteiger partial charge on any atom is 0.387 e. The summed E-state index contributed by atoms with van der Waals surface area (Å²) in [6.45, 7) is 4.24. The average molecular weight is 785 g/mol. The van der Waals surface area contributed by atoms with Crippen molar-refractivity contribution in [3.8, 4) is 5.75 Å². The molecule has 2 aromatic carbocycles. The van der Waals surface area contributed by atoms with Crippen molar-refractivity contribution in [1.29, 1.82) is 0 Å². The van der Waals surface area contributed by atoms with Crippen LogP contribution in [0.4, 0.5) is 24.8 Å². The molecule has 0 saturated carbocycles. The fourth-order valence-electron chi connectivity index (χ4n) is 7.57. The van der Waals surface area contributed by atoms with Crippen LogP contribution in [-0.2, 0) is 33.5 Å². The van der Waals surface area contributed by atoms with Gasteiger partial charge in [-0.25, -0.2) is 22.9 Å². The summed E-state index contributed by atoms with van der Waals surface area (Å²) in [7, 11) is 0.167. The number of alkyl halides is 2. The van der Waals surface area contributed by atoms with Crippen LogP contribution in [0.5, 0.6) is 5.75 Å². The average Bonchev–Trinajstić information content (AvgIpc) is 3.49. The van der Waals surface area contributed by atoms with E-state index in [0.717, 1.165) is 55.6 Å². The first-order valence-corrected chi connectivity index (χ1v) is 19.7. The van der Waals surface area contributed by atoms with Crippen LogP contribution in [0, 0.1) is 11.7 Å². The van der Waals surface area contributed by atoms with E-state index in [4.69, 9.17) is 0 Å². The molecule has 3 aromatic rings. The van der Waals surface area contributed by atoms with Gasteiger partial charge in [-0.1, -0.05) is 19.1 Å². The molecule has 55 heavy (non-hydrogen) atoms. The molecular weight excluding hydrogens is 738 g/mol. The molecule has 3 aliphatic heterocycles. The zero-order chi connectivity index (χ0) is 39.1. The van der Waals surface area contributed by atoms with E-state index in [-0.39, 0.29) is 42.6 Å². The Morgan fingerprint density at radius 2 is 1.80 bits per heavy atom. The number of aromatic nitrogens is 2. The lowest BCUT2D eigenvalue weighted by Crippen LogP contribution is -2.48. The smallest absolute Gasteiger partial charge is 0.387 e. The summed E-state index contributed by atoms with van der Waals surface area (Å²) in [6, 6.07) is 10.2. The normalized spacial score (nSPS) is 18.5. The number of halogens is 3. The number of nitrogens with zero attached hydrogens (tertiary/aromatic N) is 6. The van der Waals surface area contributed by atoms with E-state index >= 15 is 4.39 Å². The van der Waals surface area contributed by atoms with E-state index in [0.29, 0.717) is 49.3 Å². The summed E-state index contributed by atoms with van der Waals surface area (Å²) < 4.78 is 60.0. The lowest BCUT2D eigenvalue weighted by atomic mass is 10.0. The molecule has 1 aromatic heterocycles. The highest BCUT2D eigenvalue weighted by Crippen LogP contribution is 2.33. The number of hydrogen-bond acceptors (Lipinski definition) is 10. The highest BCUT2D eigenvalue weighted by atomic mass is 32.2. The molecule has 0 spiro atoms. The molecule has 0 bridgehead atoms. The second kappa shape index (κ2) is 18.3. The number of anilines is 2. The maximum atomic E-state index is 15.4. The van der Waals surface area contributed by atoms with E-state index in [9.17, 15) is 27.4 Å². The third-order valence-corrected chi connectivity index (χ3v) is 11.8. The Morgan fingerprint density at radius 3 is 2.47 bits per heavy atom. The molecule has 3 aliphatic rings. The minimum Gasteiger partial charge on any atom is -0.432 e. The van der Waals surface area contributed by atoms with Crippen molar-refractivity contribution in [3.05, 3.63) is 71.3 Å². The molecule has 3 atom stereocenters. The van der Waals surface area contributed by atoms with E-state index in [1.165, 1.54) is 30.4 Å². The minimum atomic E-state index is -2.94. The Bertz CT molecular complexity index is 1840. The van der Waals surface area contributed by atoms with Crippen molar-refractivity contribution in [2.75, 3.05) is 63.1 Å². The van der Waals surface area contributed by atoms with Crippen LogP contribution in [0.3, 0.4) is 0 Å². The lowest BCUT2D eigenvalue weighted by Gasteiger charge is -2.37. The predicted octanol–water partition coefficient (Wildman–Crippen LogP) is 3.87. The van der Waals surface area contributed by atoms with Gasteiger partial charge in [-0.15, -0.1) is 0 Å². The third kappa shape index (κ3) is 9.99. The van der Waals surface area contributed by atoms with E-state index < -0.39 is 35.4 Å². The van der Waals surface area contributed by atoms with E-state index in [1.807, 2.05) is 27.4 Å². The van der Waals surface area contributed by atoms with Gasteiger partial charge in [0.15, 0.2) is 5.75 Å². The Morgan fingerprint density at radius 1 is 1.07 bits per heavy atom. The van der Waals surface area contributed by atoms with Gasteiger partial charge in [0.1, 0.15) is 29.1 Å². The summed E-state index contributed by atoms with van der Waals surface area (Å²) in [5.41, 5.74) is 2.48. The highest BCUT2D eigenvalue weighted by molar-refractivity contribution is 7.82. The van der Waals surface area contributed by atoms with Gasteiger partial charge in [-0.2, -0.15) is 8.78 Å². The van der Waals surface area contributed by atoms with Gasteiger partial charge in [0.2, 0.25) is 11.9 Å². The molecule has 2 fully saturated rings. The largest absolute Gasteiger partial charge is 0.432 e. The van der Waals surface area contributed by atoms with Crippen LogP contribution < -0.4 is 20.3 Å². The van der Waals surface area contributed by atoms with E-state index in [2.05, 4.69) is 43.2 Å². The fourth-order valence-corrected chi connectivity index (χ4v) is 8.86. The van der Waals surface area contributed by atoms with Crippen molar-refractivity contribution in [2.24, 2.45) is 5.92 Å². The van der Waals surface area contributed by atoms with Crippen LogP contribution in [-0.4, -0.2) is 118 Å². The SMILES string of the molecule is CNC(=O)C(CCC=O)N1Cc2cc(N3CCN(CC(C)Cc4cccc(S(=O)N5CCC(Nc6ncc(OC(F)F)cn6)CC5)c4)CC3)c(F)cc2C1=O. The van der Waals surface area contributed by atoms with Crippen LogP contribution in [0.25, 0.3) is 0 Å². The quantitative estimate of drug-likeness (QED) is 0.206. The molecule has 3 unspecified atom stereocenters. The number of nitrogens with one attached hydrogen (secondary N) is 2. The molecule has 17 heteroatoms. The number of benzene rings is 2. The van der Waals surface area contributed by atoms with Gasteiger partial charge in [-0.3, -0.25) is 14.5 Å². The second-order valence-corrected chi connectivity index (χ2v) is 15.7. The first kappa shape index (κ1) is 40.1. The van der Waals surface area contributed by atoms with Gasteiger partial charge in [-0.05, 0) is 67.0 Å². The fraction of sp³-hybridized carbons (Fsp3) is 0.500. The van der Waals surface area contributed by atoms with Gasteiger partial charge in [0.25, 0.3) is 5.91 Å². The van der Waals surface area contributed by atoms with Crippen molar-refractivity contribution in [1.82, 2.24) is 29.4 Å². The third-order valence-electron chi connectivity index (χ3n) is 10.3. The molecular formula is C38H47F3N8O5S. The van der Waals surface area contributed by atoms with Crippen LogP contribution >= 0.6 is 0 Å². The molecule has 6 rings (SSSR count). The zero-order valence-corrected chi connectivity index (χ0v) is 31.8. The number of amides is 2. The molecule has 13 nitrogen and oxygen atoms in total. The first-order valence-electron chi connectivity index (χ1n) is 18.6. The number of carbonyl (C=O) groups excluding carboxylic acids is 3. The Labute approximate surface area is 321 Å². The molecule has 2 saturated heterocycles. The summed E-state index contributed by atoms with van der Waals surface area (Å²) in [5, 5.41) is 5.78. The number of hydrogen-bond donors (Lipinski definition) is 2. The summed E-state index contributed by atoms with van der Waals surface area (Å²) in [6.07, 6.45) is 5.70. The number of ether oxygens (including phenoxy) is 1. The van der Waals surface area contributed by atoms with Crippen molar-refractivity contribution in [3.63, 3.8) is 0 Å². The summed E-state index contributed by atoms with van der Waals surface area (Å²) >= 11 is 0. The topological polar surface area (TPSA) is 140 Å². The molecule has 2 N–H and O–H groups in total. The van der Waals surface area contributed by atoms with Gasteiger partial charge >= 0.3 is 6.61 Å². The summed E-state index contributed by atoms with van der Waals surface area (Å²) in [5.74, 6) is -0.701.